The molecule has 1 aromatic rings. The second-order valence-corrected chi connectivity index (χ2v) is 15.5. The van der Waals surface area contributed by atoms with E-state index in [4.69, 9.17) is 30.1 Å². The Kier molecular flexibility index (Phi) is 18.0. The van der Waals surface area contributed by atoms with E-state index in [1.807, 2.05) is 0 Å². The van der Waals surface area contributed by atoms with Crippen LogP contribution in [-0.2, 0) is 11.4 Å². The van der Waals surface area contributed by atoms with E-state index in [0.29, 0.717) is 0 Å². The van der Waals surface area contributed by atoms with E-state index < -0.39 is 11.4 Å². The van der Waals surface area contributed by atoms with Crippen LogP contribution in [-0.4, -0.2) is 35.3 Å². The summed E-state index contributed by atoms with van der Waals surface area (Å²) in [7, 11) is 14.9. The van der Waals surface area contributed by atoms with Gasteiger partial charge in [-0.1, -0.05) is 52.1 Å². The van der Waals surface area contributed by atoms with E-state index in [2.05, 4.69) is 67.7 Å². The number of thioether (sulfide) groups is 2. The summed E-state index contributed by atoms with van der Waals surface area (Å²) in [5, 5.41) is 1.59. The van der Waals surface area contributed by atoms with Gasteiger partial charge in [-0.15, -0.1) is 0 Å². The van der Waals surface area contributed by atoms with Gasteiger partial charge in [0.25, 0.3) is 0 Å². The second-order valence-electron chi connectivity index (χ2n) is 3.89. The Balaban J connectivity index is 0.000000885. The minimum absolute atomic E-state index is 0.0794. The fourth-order valence-corrected chi connectivity index (χ4v) is 6.35. The average molecular weight is 445 g/mol. The fourth-order valence-electron chi connectivity index (χ4n) is 1.65. The van der Waals surface area contributed by atoms with Gasteiger partial charge in [0.15, 0.2) is 0 Å². The molecule has 0 heterocycles. The van der Waals surface area contributed by atoms with E-state index in [1.54, 1.807) is 5.30 Å². The van der Waals surface area contributed by atoms with Crippen LogP contribution >= 0.6 is 61.6 Å². The Labute approximate surface area is 156 Å². The van der Waals surface area contributed by atoms with Gasteiger partial charge in [0, 0.05) is 0 Å². The molecule has 0 amide bonds. The van der Waals surface area contributed by atoms with Gasteiger partial charge in [-0.25, -0.2) is 0 Å². The zero-order chi connectivity index (χ0) is 15.9. The number of halogens is 3. The molecule has 0 radical (unpaired) electrons. The Bertz CT molecular complexity index is 319. The van der Waals surface area contributed by atoms with Crippen LogP contribution in [0.15, 0.2) is 30.3 Å². The summed E-state index contributed by atoms with van der Waals surface area (Å²) in [6.07, 6.45) is 2.78. The van der Waals surface area contributed by atoms with Crippen molar-refractivity contribution >= 4 is 66.9 Å². The molecular weight excluding hydrogens is 422 g/mol. The maximum absolute atomic E-state index is 4.93. The van der Waals surface area contributed by atoms with Gasteiger partial charge in [0.1, 0.15) is 0 Å². The number of hydrogen-bond donors (Lipinski definition) is 0. The van der Waals surface area contributed by atoms with Crippen LogP contribution in [0, 0.1) is 0 Å². The third-order valence-corrected chi connectivity index (χ3v) is 7.50. The Morgan fingerprint density at radius 2 is 1.33 bits per heavy atom. The Hall–Kier alpha value is 1.75. The SMILES string of the molecule is CCSCCP(CCSCC)c1ccccc1.[Cl][Cr]([Cl])[Cl]. The van der Waals surface area contributed by atoms with E-state index in [9.17, 15) is 0 Å². The predicted octanol–water partition coefficient (Wildman–Crippen LogP) is 6.37. The summed E-state index contributed by atoms with van der Waals surface area (Å²) >= 11 is 2.53. The monoisotopic (exact) mass is 443 g/mol. The molecule has 0 saturated heterocycles. The van der Waals surface area contributed by atoms with Crippen molar-refractivity contribution in [3.05, 3.63) is 30.3 Å². The van der Waals surface area contributed by atoms with Crippen LogP contribution in [0.3, 0.4) is 0 Å². The molecule has 0 aliphatic rings. The molecule has 0 aromatic heterocycles. The van der Waals surface area contributed by atoms with E-state index in [1.165, 1.54) is 35.3 Å². The molecule has 0 nitrogen and oxygen atoms in total. The van der Waals surface area contributed by atoms with Crippen LogP contribution in [0.25, 0.3) is 0 Å². The van der Waals surface area contributed by atoms with Crippen molar-refractivity contribution < 1.29 is 11.4 Å². The number of hydrogen-bond acceptors (Lipinski definition) is 2. The van der Waals surface area contributed by atoms with Crippen molar-refractivity contribution in [2.75, 3.05) is 35.3 Å². The molecule has 0 fully saturated rings. The van der Waals surface area contributed by atoms with Gasteiger partial charge in [0.05, 0.1) is 0 Å². The summed E-state index contributed by atoms with van der Waals surface area (Å²) in [4.78, 5) is 0. The molecule has 0 bridgehead atoms. The third kappa shape index (κ3) is 15.0. The Morgan fingerprint density at radius 1 is 0.905 bits per heavy atom. The van der Waals surface area contributed by atoms with Gasteiger partial charge in [-0.3, -0.25) is 0 Å². The summed E-state index contributed by atoms with van der Waals surface area (Å²) < 4.78 is 0. The molecule has 0 atom stereocenters. The molecule has 7 heteroatoms. The first-order valence-electron chi connectivity index (χ1n) is 6.80. The van der Waals surface area contributed by atoms with Gasteiger partial charge >= 0.3 is 41.5 Å². The van der Waals surface area contributed by atoms with Crippen LogP contribution < -0.4 is 5.30 Å². The maximum atomic E-state index is 4.93. The zero-order valence-electron chi connectivity index (χ0n) is 12.4. The van der Waals surface area contributed by atoms with Gasteiger partial charge in [-0.05, 0) is 40.6 Å². The van der Waals surface area contributed by atoms with Crippen molar-refractivity contribution in [1.29, 1.82) is 0 Å². The first-order valence-corrected chi connectivity index (χ1v) is 16.1. The summed E-state index contributed by atoms with van der Waals surface area (Å²) in [5.41, 5.74) is 0. The molecule has 0 spiro atoms. The first kappa shape index (κ1) is 22.8. The molecule has 0 saturated carbocycles. The molecule has 1 rings (SSSR count). The average Bonchev–Trinajstić information content (AvgIpc) is 2.46. The molecule has 0 N–H and O–H groups in total. The van der Waals surface area contributed by atoms with Crippen LogP contribution in [0.5, 0.6) is 0 Å². The van der Waals surface area contributed by atoms with Crippen LogP contribution in [0.2, 0.25) is 0 Å². The number of rotatable bonds is 9. The minimum atomic E-state index is -1.62. The summed E-state index contributed by atoms with van der Waals surface area (Å²) in [6.45, 7) is 4.50. The van der Waals surface area contributed by atoms with E-state index in [0.717, 1.165) is 0 Å². The molecular formula is C14H23Cl3CrPS2. The van der Waals surface area contributed by atoms with Crippen LogP contribution in [0.4, 0.5) is 0 Å². The molecule has 0 unspecified atom stereocenters. The molecule has 21 heavy (non-hydrogen) atoms. The van der Waals surface area contributed by atoms with E-state index >= 15 is 0 Å². The molecule has 0 aliphatic carbocycles. The van der Waals surface area contributed by atoms with Gasteiger partial charge in [-0.2, -0.15) is 23.5 Å². The predicted molar refractivity (Wildman–Crippen MR) is 106 cm³/mol. The third-order valence-electron chi connectivity index (χ3n) is 2.54. The molecule has 123 valence electrons. The van der Waals surface area contributed by atoms with Gasteiger partial charge < -0.3 is 0 Å². The van der Waals surface area contributed by atoms with Crippen molar-refractivity contribution in [3.63, 3.8) is 0 Å². The van der Waals surface area contributed by atoms with E-state index in [-0.39, 0.29) is 7.92 Å². The first-order chi connectivity index (χ1) is 10.1. The zero-order valence-corrected chi connectivity index (χ0v) is 18.5. The topological polar surface area (TPSA) is 0 Å². The van der Waals surface area contributed by atoms with Crippen molar-refractivity contribution in [2.45, 2.75) is 13.8 Å². The molecule has 0 aliphatic heterocycles. The van der Waals surface area contributed by atoms with Crippen molar-refractivity contribution in [2.24, 2.45) is 0 Å². The quantitative estimate of drug-likeness (QED) is 0.321. The van der Waals surface area contributed by atoms with Crippen molar-refractivity contribution in [3.8, 4) is 0 Å². The summed E-state index contributed by atoms with van der Waals surface area (Å²) in [5.74, 6) is 5.16. The summed E-state index contributed by atoms with van der Waals surface area (Å²) in [6, 6.07) is 11.1. The second kappa shape index (κ2) is 16.6. The molecule has 1 aromatic carbocycles. The number of benzene rings is 1. The van der Waals surface area contributed by atoms with Gasteiger partial charge in [0.2, 0.25) is 0 Å². The van der Waals surface area contributed by atoms with Crippen LogP contribution in [0.1, 0.15) is 13.8 Å². The van der Waals surface area contributed by atoms with Crippen molar-refractivity contribution in [1.82, 2.24) is 0 Å². The normalized spacial score (nSPS) is 10.6. The Morgan fingerprint density at radius 3 is 1.71 bits per heavy atom. The standard InChI is InChI=1S/C14H23PS2.3ClH.Cr/c1-3-16-12-10-15(11-13-17-4-2)14-8-6-5-7-9-14;;;;/h5-9H,3-4,10-13H2,1-2H3;3*1H;/q;;;;+3/p-3. The fraction of sp³-hybridized carbons (Fsp3) is 0.571.